The van der Waals surface area contributed by atoms with E-state index in [0.717, 1.165) is 0 Å². The first-order valence-corrected chi connectivity index (χ1v) is 5.95. The van der Waals surface area contributed by atoms with Crippen molar-refractivity contribution in [3.63, 3.8) is 0 Å². The third kappa shape index (κ3) is 3.22. The molecule has 4 heteroatoms. The van der Waals surface area contributed by atoms with E-state index in [9.17, 15) is 4.79 Å². The van der Waals surface area contributed by atoms with Crippen molar-refractivity contribution < 1.29 is 4.79 Å². The second-order valence-corrected chi connectivity index (χ2v) is 4.40. The summed E-state index contributed by atoms with van der Waals surface area (Å²) in [5.74, 6) is 0.689. The van der Waals surface area contributed by atoms with Gasteiger partial charge in [-0.15, -0.1) is 0 Å². The summed E-state index contributed by atoms with van der Waals surface area (Å²) in [6, 6.07) is 0.502. The summed E-state index contributed by atoms with van der Waals surface area (Å²) in [5, 5.41) is 6.07. The molecule has 2 rings (SSSR count). The van der Waals surface area contributed by atoms with Crippen LogP contribution in [0.25, 0.3) is 0 Å². The van der Waals surface area contributed by atoms with Crippen molar-refractivity contribution in [2.75, 3.05) is 6.54 Å². The summed E-state index contributed by atoms with van der Waals surface area (Å²) in [6.07, 6.45) is 9.06. The van der Waals surface area contributed by atoms with Crippen LogP contribution in [0.15, 0.2) is 4.99 Å². The molecule has 0 unspecified atom stereocenters. The van der Waals surface area contributed by atoms with Crippen molar-refractivity contribution in [2.45, 2.75) is 51.0 Å². The Hall–Kier alpha value is -1.06. The zero-order valence-corrected chi connectivity index (χ0v) is 9.09. The van der Waals surface area contributed by atoms with Crippen LogP contribution in [0.1, 0.15) is 44.9 Å². The number of carbonyl (C=O) groups excluding carboxylic acids is 1. The highest BCUT2D eigenvalue weighted by Crippen LogP contribution is 2.17. The Morgan fingerprint density at radius 1 is 1.13 bits per heavy atom. The minimum Gasteiger partial charge on any atom is -0.353 e. The molecule has 2 N–H and O–H groups in total. The number of nitrogens with zero attached hydrogens (tertiary/aromatic N) is 1. The lowest BCUT2D eigenvalue weighted by Crippen LogP contribution is -2.42. The summed E-state index contributed by atoms with van der Waals surface area (Å²) in [7, 11) is 0. The third-order valence-electron chi connectivity index (χ3n) is 3.08. The maximum atomic E-state index is 11.0. The number of rotatable bonds is 1. The number of aliphatic imine (C=N–C) groups is 1. The maximum absolute atomic E-state index is 11.0. The molecule has 0 bridgehead atoms. The van der Waals surface area contributed by atoms with Gasteiger partial charge in [0, 0.05) is 6.04 Å². The Bertz CT molecular complexity index is 255. The smallest absolute Gasteiger partial charge is 0.248 e. The van der Waals surface area contributed by atoms with E-state index in [1.54, 1.807) is 0 Å². The average molecular weight is 209 g/mol. The second-order valence-electron chi connectivity index (χ2n) is 4.40. The Morgan fingerprint density at radius 2 is 1.80 bits per heavy atom. The molecule has 2 aliphatic rings. The highest BCUT2D eigenvalue weighted by atomic mass is 16.2. The fourth-order valence-electron chi connectivity index (χ4n) is 2.24. The molecule has 0 atom stereocenters. The molecule has 15 heavy (non-hydrogen) atoms. The van der Waals surface area contributed by atoms with Gasteiger partial charge in [-0.3, -0.25) is 10.1 Å². The van der Waals surface area contributed by atoms with Crippen LogP contribution in [-0.2, 0) is 4.79 Å². The van der Waals surface area contributed by atoms with Crippen molar-refractivity contribution in [3.8, 4) is 0 Å². The molecule has 0 radical (unpaired) electrons. The monoisotopic (exact) mass is 209 g/mol. The largest absolute Gasteiger partial charge is 0.353 e. The molecule has 1 heterocycles. The van der Waals surface area contributed by atoms with E-state index in [1.807, 2.05) is 0 Å². The van der Waals surface area contributed by atoms with E-state index in [4.69, 9.17) is 0 Å². The van der Waals surface area contributed by atoms with Crippen LogP contribution in [-0.4, -0.2) is 24.5 Å². The first-order valence-electron chi connectivity index (χ1n) is 5.95. The van der Waals surface area contributed by atoms with Gasteiger partial charge in [-0.25, -0.2) is 4.99 Å². The van der Waals surface area contributed by atoms with E-state index in [-0.39, 0.29) is 12.5 Å². The standard InChI is InChI=1S/C11H19N3O/c15-10-8-12-11(14-10)13-9-6-4-2-1-3-5-7-9/h9H,1-8H2,(H2,12,13,14,15). The molecule has 0 aromatic rings. The Labute approximate surface area is 90.5 Å². The van der Waals surface area contributed by atoms with Crippen molar-refractivity contribution in [1.29, 1.82) is 0 Å². The fraction of sp³-hybridized carbons (Fsp3) is 0.818. The normalized spacial score (nSPS) is 24.0. The van der Waals surface area contributed by atoms with E-state index in [2.05, 4.69) is 15.6 Å². The van der Waals surface area contributed by atoms with Crippen LogP contribution >= 0.6 is 0 Å². The molecule has 1 aliphatic heterocycles. The van der Waals surface area contributed by atoms with Crippen molar-refractivity contribution in [1.82, 2.24) is 10.6 Å². The first kappa shape index (κ1) is 10.5. The summed E-state index contributed by atoms with van der Waals surface area (Å²) in [5.41, 5.74) is 0. The molecule has 0 aromatic carbocycles. The lowest BCUT2D eigenvalue weighted by molar-refractivity contribution is -0.117. The minimum absolute atomic E-state index is 0.00310. The quantitative estimate of drug-likeness (QED) is 0.681. The molecule has 4 nitrogen and oxygen atoms in total. The van der Waals surface area contributed by atoms with E-state index < -0.39 is 0 Å². The first-order chi connectivity index (χ1) is 7.34. The fourth-order valence-corrected chi connectivity index (χ4v) is 2.24. The van der Waals surface area contributed by atoms with Crippen LogP contribution in [0.2, 0.25) is 0 Å². The summed E-state index contributed by atoms with van der Waals surface area (Å²) in [4.78, 5) is 15.1. The number of nitrogens with one attached hydrogen (secondary N) is 2. The molecule has 0 saturated heterocycles. The molecule has 1 fully saturated rings. The average Bonchev–Trinajstić information content (AvgIpc) is 2.56. The van der Waals surface area contributed by atoms with Gasteiger partial charge in [0.2, 0.25) is 5.91 Å². The zero-order chi connectivity index (χ0) is 10.5. The van der Waals surface area contributed by atoms with Gasteiger partial charge < -0.3 is 5.32 Å². The highest BCUT2D eigenvalue weighted by Gasteiger charge is 2.17. The van der Waals surface area contributed by atoms with Crippen molar-refractivity contribution >= 4 is 11.9 Å². The lowest BCUT2D eigenvalue weighted by atomic mass is 9.97. The van der Waals surface area contributed by atoms with E-state index in [1.165, 1.54) is 44.9 Å². The zero-order valence-electron chi connectivity index (χ0n) is 9.09. The van der Waals surface area contributed by atoms with Crippen molar-refractivity contribution in [3.05, 3.63) is 0 Å². The van der Waals surface area contributed by atoms with Gasteiger partial charge in [0.05, 0.1) is 0 Å². The van der Waals surface area contributed by atoms with Gasteiger partial charge in [-0.05, 0) is 12.8 Å². The number of guanidine groups is 1. The lowest BCUT2D eigenvalue weighted by Gasteiger charge is -2.21. The molecular formula is C11H19N3O. The highest BCUT2D eigenvalue weighted by molar-refractivity contribution is 6.02. The van der Waals surface area contributed by atoms with Gasteiger partial charge in [-0.2, -0.15) is 0 Å². The predicted molar refractivity (Wildman–Crippen MR) is 59.7 cm³/mol. The summed E-state index contributed by atoms with van der Waals surface area (Å²) >= 11 is 0. The van der Waals surface area contributed by atoms with Crippen molar-refractivity contribution in [2.24, 2.45) is 4.99 Å². The van der Waals surface area contributed by atoms with E-state index in [0.29, 0.717) is 12.0 Å². The molecular weight excluding hydrogens is 190 g/mol. The van der Waals surface area contributed by atoms with Crippen LogP contribution in [0.3, 0.4) is 0 Å². The van der Waals surface area contributed by atoms with Gasteiger partial charge in [0.25, 0.3) is 0 Å². The summed E-state index contributed by atoms with van der Waals surface area (Å²) < 4.78 is 0. The predicted octanol–water partition coefficient (Wildman–Crippen LogP) is 1.17. The molecule has 1 saturated carbocycles. The number of carbonyl (C=O) groups is 1. The second kappa shape index (κ2) is 5.14. The van der Waals surface area contributed by atoms with Gasteiger partial charge in [0.15, 0.2) is 5.96 Å². The maximum Gasteiger partial charge on any atom is 0.248 e. The van der Waals surface area contributed by atoms with Gasteiger partial charge in [-0.1, -0.05) is 32.1 Å². The van der Waals surface area contributed by atoms with Crippen LogP contribution in [0.4, 0.5) is 0 Å². The molecule has 1 amide bonds. The van der Waals surface area contributed by atoms with Crippen LogP contribution in [0.5, 0.6) is 0 Å². The Morgan fingerprint density at radius 3 is 2.40 bits per heavy atom. The van der Waals surface area contributed by atoms with Crippen LogP contribution < -0.4 is 10.6 Å². The Kier molecular flexibility index (Phi) is 3.59. The van der Waals surface area contributed by atoms with E-state index >= 15 is 0 Å². The number of hydrogen-bond donors (Lipinski definition) is 2. The number of amides is 1. The van der Waals surface area contributed by atoms with Gasteiger partial charge >= 0.3 is 0 Å². The Balaban J connectivity index is 1.79. The molecule has 84 valence electrons. The topological polar surface area (TPSA) is 53.5 Å². The minimum atomic E-state index is 0.00310. The van der Waals surface area contributed by atoms with Gasteiger partial charge in [0.1, 0.15) is 6.54 Å². The third-order valence-corrected chi connectivity index (χ3v) is 3.08. The van der Waals surface area contributed by atoms with Crippen LogP contribution in [0, 0.1) is 0 Å². The molecule has 0 aromatic heterocycles. The SMILES string of the molecule is O=C1CN=C(NC2CCCCCCC2)N1. The molecule has 1 aliphatic carbocycles. The summed E-state index contributed by atoms with van der Waals surface area (Å²) in [6.45, 7) is 0.287. The molecule has 0 spiro atoms. The number of hydrogen-bond acceptors (Lipinski definition) is 3.